The molecule has 0 saturated carbocycles. The van der Waals surface area contributed by atoms with Crippen LogP contribution in [0.5, 0.6) is 0 Å². The summed E-state index contributed by atoms with van der Waals surface area (Å²) < 4.78 is 33.1. The molecule has 5 nitrogen and oxygen atoms in total. The standard InChI is InChI=1S/C16H19F2NO4/c1-10-7-14(18)12(8-13(10)17)16(22)19(5-4-15(20)21)9-11-3-2-6-23-11/h7-8,11H,2-6,9H2,1H3,(H,20,21). The Morgan fingerprint density at radius 1 is 1.35 bits per heavy atom. The summed E-state index contributed by atoms with van der Waals surface area (Å²) in [5.41, 5.74) is -0.285. The van der Waals surface area contributed by atoms with Gasteiger partial charge in [0.1, 0.15) is 11.6 Å². The highest BCUT2D eigenvalue weighted by atomic mass is 19.1. The number of halogens is 2. The maximum atomic E-state index is 14.0. The summed E-state index contributed by atoms with van der Waals surface area (Å²) in [7, 11) is 0. The highest BCUT2D eigenvalue weighted by Gasteiger charge is 2.26. The number of carbonyl (C=O) groups excluding carboxylic acids is 1. The molecule has 23 heavy (non-hydrogen) atoms. The van der Waals surface area contributed by atoms with Crippen LogP contribution in [0.3, 0.4) is 0 Å². The van der Waals surface area contributed by atoms with Gasteiger partial charge in [0.2, 0.25) is 0 Å². The third-order valence-corrected chi connectivity index (χ3v) is 3.81. The first-order valence-corrected chi connectivity index (χ1v) is 7.47. The second-order valence-corrected chi connectivity index (χ2v) is 5.61. The Bertz CT molecular complexity index is 600. The van der Waals surface area contributed by atoms with E-state index in [1.807, 2.05) is 0 Å². The summed E-state index contributed by atoms with van der Waals surface area (Å²) >= 11 is 0. The molecule has 1 aliphatic rings. The lowest BCUT2D eigenvalue weighted by Crippen LogP contribution is -2.39. The molecule has 1 heterocycles. The minimum Gasteiger partial charge on any atom is -0.481 e. The average Bonchev–Trinajstić information content (AvgIpc) is 2.99. The van der Waals surface area contributed by atoms with Crippen LogP contribution in [0, 0.1) is 18.6 Å². The molecule has 1 fully saturated rings. The van der Waals surface area contributed by atoms with Gasteiger partial charge in [-0.05, 0) is 37.5 Å². The molecule has 0 aromatic heterocycles. The second-order valence-electron chi connectivity index (χ2n) is 5.61. The fraction of sp³-hybridized carbons (Fsp3) is 0.500. The van der Waals surface area contributed by atoms with Gasteiger partial charge in [0.15, 0.2) is 0 Å². The van der Waals surface area contributed by atoms with E-state index in [1.165, 1.54) is 11.8 Å². The summed E-state index contributed by atoms with van der Waals surface area (Å²) in [5, 5.41) is 8.81. The second kappa shape index (κ2) is 7.50. The van der Waals surface area contributed by atoms with E-state index < -0.39 is 29.1 Å². The molecule has 1 aromatic carbocycles. The number of benzene rings is 1. The minimum atomic E-state index is -1.06. The summed E-state index contributed by atoms with van der Waals surface area (Å²) in [6.45, 7) is 2.07. The third-order valence-electron chi connectivity index (χ3n) is 3.81. The lowest BCUT2D eigenvalue weighted by Gasteiger charge is -2.25. The number of hydrogen-bond acceptors (Lipinski definition) is 3. The van der Waals surface area contributed by atoms with Gasteiger partial charge in [-0.25, -0.2) is 8.78 Å². The number of nitrogens with zero attached hydrogens (tertiary/aromatic N) is 1. The molecule has 1 amide bonds. The molecule has 0 spiro atoms. The van der Waals surface area contributed by atoms with Crippen molar-refractivity contribution in [3.8, 4) is 0 Å². The Hall–Kier alpha value is -2.02. The van der Waals surface area contributed by atoms with Crippen molar-refractivity contribution in [1.29, 1.82) is 0 Å². The van der Waals surface area contributed by atoms with E-state index in [2.05, 4.69) is 0 Å². The van der Waals surface area contributed by atoms with Crippen molar-refractivity contribution in [1.82, 2.24) is 4.90 Å². The summed E-state index contributed by atoms with van der Waals surface area (Å²) in [6, 6.07) is 1.82. The third kappa shape index (κ3) is 4.48. The van der Waals surface area contributed by atoms with E-state index in [0.717, 1.165) is 25.0 Å². The van der Waals surface area contributed by atoms with E-state index in [9.17, 15) is 18.4 Å². The monoisotopic (exact) mass is 327 g/mol. The zero-order valence-corrected chi connectivity index (χ0v) is 12.8. The maximum Gasteiger partial charge on any atom is 0.305 e. The van der Waals surface area contributed by atoms with Crippen LogP contribution in [-0.2, 0) is 9.53 Å². The summed E-state index contributed by atoms with van der Waals surface area (Å²) in [6.07, 6.45) is 1.14. The molecule has 1 aliphatic heterocycles. The highest BCUT2D eigenvalue weighted by Crippen LogP contribution is 2.19. The van der Waals surface area contributed by atoms with Gasteiger partial charge in [-0.15, -0.1) is 0 Å². The molecule has 0 radical (unpaired) electrons. The first-order valence-electron chi connectivity index (χ1n) is 7.47. The number of carboxylic acids is 1. The van der Waals surface area contributed by atoms with E-state index in [0.29, 0.717) is 6.61 Å². The number of hydrogen-bond donors (Lipinski definition) is 1. The van der Waals surface area contributed by atoms with E-state index in [-0.39, 0.29) is 31.2 Å². The van der Waals surface area contributed by atoms with Crippen LogP contribution >= 0.6 is 0 Å². The molecule has 1 saturated heterocycles. The smallest absolute Gasteiger partial charge is 0.305 e. The molecule has 1 atom stereocenters. The Morgan fingerprint density at radius 3 is 2.70 bits per heavy atom. The number of amides is 1. The Kier molecular flexibility index (Phi) is 5.65. The maximum absolute atomic E-state index is 14.0. The minimum absolute atomic E-state index is 0.0804. The van der Waals surface area contributed by atoms with Crippen molar-refractivity contribution < 1.29 is 28.2 Å². The highest BCUT2D eigenvalue weighted by molar-refractivity contribution is 5.94. The molecule has 126 valence electrons. The Labute approximate surface area is 132 Å². The zero-order valence-electron chi connectivity index (χ0n) is 12.8. The topological polar surface area (TPSA) is 66.8 Å². The van der Waals surface area contributed by atoms with Crippen LogP contribution in [0.15, 0.2) is 12.1 Å². The van der Waals surface area contributed by atoms with Crippen LogP contribution in [0.25, 0.3) is 0 Å². The van der Waals surface area contributed by atoms with Gasteiger partial charge in [-0.2, -0.15) is 0 Å². The molecule has 1 unspecified atom stereocenters. The summed E-state index contributed by atoms with van der Waals surface area (Å²) in [4.78, 5) is 24.5. The molecule has 1 aromatic rings. The number of aliphatic carboxylic acids is 1. The first-order chi connectivity index (χ1) is 10.9. The SMILES string of the molecule is Cc1cc(F)c(C(=O)N(CCC(=O)O)CC2CCCO2)cc1F. The molecular formula is C16H19F2NO4. The van der Waals surface area contributed by atoms with E-state index in [1.54, 1.807) is 0 Å². The van der Waals surface area contributed by atoms with Gasteiger partial charge in [0.25, 0.3) is 5.91 Å². The quantitative estimate of drug-likeness (QED) is 0.871. The lowest BCUT2D eigenvalue weighted by molar-refractivity contribution is -0.137. The van der Waals surface area contributed by atoms with Crippen molar-refractivity contribution >= 4 is 11.9 Å². The zero-order chi connectivity index (χ0) is 17.0. The molecule has 0 aliphatic carbocycles. The number of carbonyl (C=O) groups is 2. The van der Waals surface area contributed by atoms with E-state index in [4.69, 9.17) is 9.84 Å². The van der Waals surface area contributed by atoms with Crippen LogP contribution in [0.2, 0.25) is 0 Å². The lowest BCUT2D eigenvalue weighted by atomic mass is 10.1. The predicted octanol–water partition coefficient (Wildman–Crippen LogP) is 2.37. The van der Waals surface area contributed by atoms with Crippen molar-refractivity contribution in [3.63, 3.8) is 0 Å². The van der Waals surface area contributed by atoms with Crippen molar-refractivity contribution in [3.05, 3.63) is 34.9 Å². The number of ether oxygens (including phenoxy) is 1. The summed E-state index contributed by atoms with van der Waals surface area (Å²) in [5.74, 6) is -3.28. The number of carboxylic acid groups (broad SMARTS) is 1. The van der Waals surface area contributed by atoms with Crippen molar-refractivity contribution in [2.45, 2.75) is 32.3 Å². The van der Waals surface area contributed by atoms with Crippen LogP contribution in [0.1, 0.15) is 35.2 Å². The van der Waals surface area contributed by atoms with Crippen molar-refractivity contribution in [2.75, 3.05) is 19.7 Å². The molecule has 2 rings (SSSR count). The molecule has 0 bridgehead atoms. The van der Waals surface area contributed by atoms with Crippen LogP contribution < -0.4 is 0 Å². The van der Waals surface area contributed by atoms with Gasteiger partial charge in [0, 0.05) is 19.7 Å². The van der Waals surface area contributed by atoms with Gasteiger partial charge < -0.3 is 14.7 Å². The Balaban J connectivity index is 2.20. The molecular weight excluding hydrogens is 308 g/mol. The normalized spacial score (nSPS) is 17.3. The van der Waals surface area contributed by atoms with Crippen LogP contribution in [-0.4, -0.2) is 47.7 Å². The largest absolute Gasteiger partial charge is 0.481 e. The molecule has 7 heteroatoms. The first kappa shape index (κ1) is 17.3. The number of aryl methyl sites for hydroxylation is 1. The van der Waals surface area contributed by atoms with Gasteiger partial charge >= 0.3 is 5.97 Å². The fourth-order valence-electron chi connectivity index (χ4n) is 2.52. The average molecular weight is 327 g/mol. The Morgan fingerprint density at radius 2 is 2.09 bits per heavy atom. The number of rotatable bonds is 6. The van der Waals surface area contributed by atoms with Crippen molar-refractivity contribution in [2.24, 2.45) is 0 Å². The van der Waals surface area contributed by atoms with Gasteiger partial charge in [-0.1, -0.05) is 0 Å². The van der Waals surface area contributed by atoms with E-state index >= 15 is 0 Å². The fourth-order valence-corrected chi connectivity index (χ4v) is 2.52. The molecule has 1 N–H and O–H groups in total. The van der Waals surface area contributed by atoms with Gasteiger partial charge in [-0.3, -0.25) is 9.59 Å². The van der Waals surface area contributed by atoms with Gasteiger partial charge in [0.05, 0.1) is 18.1 Å². The predicted molar refractivity (Wildman–Crippen MR) is 78.2 cm³/mol. The van der Waals surface area contributed by atoms with Crippen LogP contribution in [0.4, 0.5) is 8.78 Å².